The van der Waals surface area contributed by atoms with Gasteiger partial charge in [0.1, 0.15) is 0 Å². The number of hydrogen-bond acceptors (Lipinski definition) is 3. The predicted molar refractivity (Wildman–Crippen MR) is 112 cm³/mol. The Morgan fingerprint density at radius 2 is 1.61 bits per heavy atom. The van der Waals surface area contributed by atoms with Crippen LogP contribution in [0, 0.1) is 0 Å². The van der Waals surface area contributed by atoms with Crippen LogP contribution >= 0.6 is 11.6 Å². The minimum absolute atomic E-state index is 0. The molecule has 2 aromatic carbocycles. The first-order valence-corrected chi connectivity index (χ1v) is 11.2. The van der Waals surface area contributed by atoms with Crippen LogP contribution in [0.25, 0.3) is 0 Å². The first-order chi connectivity index (χ1) is 12.9. The number of sulfonamides is 1. The van der Waals surface area contributed by atoms with Gasteiger partial charge in [0.15, 0.2) is 0 Å². The molecule has 2 N–H and O–H groups in total. The molecule has 2 amide bonds. The zero-order chi connectivity index (χ0) is 19.0. The zero-order valence-corrected chi connectivity index (χ0v) is 19.4. The van der Waals surface area contributed by atoms with E-state index in [0.717, 1.165) is 55.3 Å². The number of hydrogen-bond donors (Lipinski definition) is 2. The smallest absolute Gasteiger partial charge is 0.307 e. The first kappa shape index (κ1) is 21.7. The number of anilines is 1. The summed E-state index contributed by atoms with van der Waals surface area (Å²) >= 11 is 6.03. The molecule has 143 valence electrons. The van der Waals surface area contributed by atoms with E-state index in [1.54, 1.807) is 24.3 Å². The number of carbonyl (C=O) groups is 1. The summed E-state index contributed by atoms with van der Waals surface area (Å²) in [6.45, 7) is 0. The van der Waals surface area contributed by atoms with E-state index in [9.17, 15) is 13.2 Å². The second kappa shape index (κ2) is 8.76. The van der Waals surface area contributed by atoms with Crippen molar-refractivity contribution in [3.63, 3.8) is 0 Å². The molecule has 0 saturated heterocycles. The van der Waals surface area contributed by atoms with Crippen LogP contribution in [0.15, 0.2) is 30.3 Å². The largest absolute Gasteiger partial charge is 0.332 e. The van der Waals surface area contributed by atoms with Crippen molar-refractivity contribution in [1.29, 1.82) is 0 Å². The molecule has 4 rings (SSSR count). The Hall–Kier alpha value is -1.05. The van der Waals surface area contributed by atoms with Gasteiger partial charge < -0.3 is 5.32 Å². The van der Waals surface area contributed by atoms with Crippen LogP contribution in [0.5, 0.6) is 0 Å². The Bertz CT molecular complexity index is 992. The summed E-state index contributed by atoms with van der Waals surface area (Å²) in [6, 6.07) is 8.26. The molecule has 0 fully saturated rings. The summed E-state index contributed by atoms with van der Waals surface area (Å²) in [7, 11) is -3.85. The van der Waals surface area contributed by atoms with Gasteiger partial charge in [0.25, 0.3) is 0 Å². The van der Waals surface area contributed by atoms with Crippen molar-refractivity contribution in [3.05, 3.63) is 63.2 Å². The maximum Gasteiger partial charge on any atom is 0.332 e. The van der Waals surface area contributed by atoms with Gasteiger partial charge in [0.2, 0.25) is 10.0 Å². The van der Waals surface area contributed by atoms with Gasteiger partial charge >= 0.3 is 6.03 Å². The minimum Gasteiger partial charge on any atom is -0.307 e. The molecule has 0 aromatic heterocycles. The second-order valence-corrected chi connectivity index (χ2v) is 9.27. The third-order valence-electron chi connectivity index (χ3n) is 5.26. The maximum atomic E-state index is 12.5. The number of nitrogens with one attached hydrogen (secondary N) is 2. The fourth-order valence-corrected chi connectivity index (χ4v) is 5.45. The van der Waals surface area contributed by atoms with Gasteiger partial charge in [-0.2, -0.15) is 0 Å². The van der Waals surface area contributed by atoms with Crippen LogP contribution in [-0.4, -0.2) is 44.0 Å². The number of halogens is 1. The van der Waals surface area contributed by atoms with Gasteiger partial charge in [-0.3, -0.25) is 0 Å². The molecular weight excluding hydrogens is 407 g/mol. The molecule has 1 radical (unpaired) electrons. The Kier molecular flexibility index (Phi) is 6.77. The molecule has 2 aliphatic carbocycles. The van der Waals surface area contributed by atoms with E-state index in [1.165, 1.54) is 11.1 Å². The molecule has 0 spiro atoms. The van der Waals surface area contributed by atoms with Crippen molar-refractivity contribution in [2.75, 3.05) is 5.32 Å². The van der Waals surface area contributed by atoms with Crippen molar-refractivity contribution in [1.82, 2.24) is 4.72 Å². The van der Waals surface area contributed by atoms with Crippen LogP contribution in [0.1, 0.15) is 40.7 Å². The SMILES string of the molecule is O=C(Nc1c2c(cc3c1CCC3)CCC2)NS(=O)(=O)Cc1ccccc1Cl.[Na]. The van der Waals surface area contributed by atoms with Crippen LogP contribution in [0.4, 0.5) is 10.5 Å². The van der Waals surface area contributed by atoms with E-state index in [0.29, 0.717) is 10.6 Å². The van der Waals surface area contributed by atoms with E-state index >= 15 is 0 Å². The standard InChI is InChI=1S/C20H21ClN2O3S.Na/c21-18-10-2-1-5-15(18)12-27(25,26)23-20(24)22-19-16-8-3-6-13(16)11-14-7-4-9-17(14)19;/h1-2,5,10-11H,3-4,6-9,12H2,(H2,22,23,24);. The van der Waals surface area contributed by atoms with Crippen LogP contribution in [0.3, 0.4) is 0 Å². The average molecular weight is 428 g/mol. The first-order valence-electron chi connectivity index (χ1n) is 9.14. The van der Waals surface area contributed by atoms with Crippen molar-refractivity contribution in [2.45, 2.75) is 44.3 Å². The number of carbonyl (C=O) groups excluding carboxylic acids is 1. The average Bonchev–Trinajstić information content (AvgIpc) is 3.25. The molecule has 0 saturated carbocycles. The Morgan fingerprint density at radius 1 is 1.00 bits per heavy atom. The molecule has 0 bridgehead atoms. The van der Waals surface area contributed by atoms with Crippen molar-refractivity contribution >= 4 is 62.9 Å². The van der Waals surface area contributed by atoms with Gasteiger partial charge in [-0.25, -0.2) is 17.9 Å². The minimum atomic E-state index is -3.85. The molecule has 2 aliphatic rings. The van der Waals surface area contributed by atoms with Crippen LogP contribution in [0.2, 0.25) is 5.02 Å². The van der Waals surface area contributed by atoms with E-state index in [2.05, 4.69) is 16.1 Å². The predicted octanol–water partition coefficient (Wildman–Crippen LogP) is 3.59. The Labute approximate surface area is 192 Å². The number of amides is 2. The molecular formula is C20H21ClN2NaO3S. The fraction of sp³-hybridized carbons (Fsp3) is 0.350. The summed E-state index contributed by atoms with van der Waals surface area (Å²) < 4.78 is 26.9. The molecule has 5 nitrogen and oxygen atoms in total. The third-order valence-corrected chi connectivity index (χ3v) is 6.82. The van der Waals surface area contributed by atoms with Crippen molar-refractivity contribution in [3.8, 4) is 0 Å². The van der Waals surface area contributed by atoms with Gasteiger partial charge in [-0.05, 0) is 72.4 Å². The number of rotatable bonds is 4. The summed E-state index contributed by atoms with van der Waals surface area (Å²) in [5.74, 6) is -0.342. The summed E-state index contributed by atoms with van der Waals surface area (Å²) in [5, 5.41) is 3.20. The summed E-state index contributed by atoms with van der Waals surface area (Å²) in [6.07, 6.45) is 6.02. The quantitative estimate of drug-likeness (QED) is 0.732. The number of fused-ring (bicyclic) bond motifs is 2. The Morgan fingerprint density at radius 3 is 2.21 bits per heavy atom. The molecule has 8 heteroatoms. The molecule has 0 unspecified atom stereocenters. The van der Waals surface area contributed by atoms with Gasteiger partial charge in [-0.15, -0.1) is 0 Å². The molecule has 0 heterocycles. The molecule has 0 aliphatic heterocycles. The number of urea groups is 1. The third kappa shape index (κ3) is 4.57. The monoisotopic (exact) mass is 427 g/mol. The zero-order valence-electron chi connectivity index (χ0n) is 15.8. The molecule has 2 aromatic rings. The van der Waals surface area contributed by atoms with E-state index < -0.39 is 16.1 Å². The molecule has 28 heavy (non-hydrogen) atoms. The fourth-order valence-electron chi connectivity index (χ4n) is 4.10. The summed E-state index contributed by atoms with van der Waals surface area (Å²) in [5.41, 5.74) is 6.17. The number of aryl methyl sites for hydroxylation is 2. The van der Waals surface area contributed by atoms with Crippen molar-refractivity contribution < 1.29 is 13.2 Å². The van der Waals surface area contributed by atoms with Gasteiger partial charge in [0.05, 0.1) is 5.75 Å². The van der Waals surface area contributed by atoms with E-state index in [4.69, 9.17) is 11.6 Å². The number of benzene rings is 2. The topological polar surface area (TPSA) is 75.3 Å². The van der Waals surface area contributed by atoms with Crippen LogP contribution < -0.4 is 10.0 Å². The molecule has 0 atom stereocenters. The van der Waals surface area contributed by atoms with E-state index in [1.807, 2.05) is 0 Å². The van der Waals surface area contributed by atoms with Crippen LogP contribution in [-0.2, 0) is 41.5 Å². The Balaban J connectivity index is 0.00000225. The van der Waals surface area contributed by atoms with Gasteiger partial charge in [-0.1, -0.05) is 35.9 Å². The van der Waals surface area contributed by atoms with Crippen molar-refractivity contribution in [2.24, 2.45) is 0 Å². The normalized spacial score (nSPS) is 14.8. The second-order valence-electron chi connectivity index (χ2n) is 7.14. The summed E-state index contributed by atoms with van der Waals surface area (Å²) in [4.78, 5) is 12.5. The van der Waals surface area contributed by atoms with E-state index in [-0.39, 0.29) is 35.3 Å². The van der Waals surface area contributed by atoms with Gasteiger partial charge in [0, 0.05) is 40.3 Å². The maximum absolute atomic E-state index is 12.5.